The standard InChI is InChI=1S/C19H13N5/c1-2-8-14(9-3-1)24-21-19-20-17-12-6-4-10-15(17)16-11-5-7-13-18(16)23(19)22-24/h1-13H. The van der Waals surface area contributed by atoms with E-state index in [1.807, 2.05) is 66.7 Å². The number of para-hydroxylation sites is 3. The number of benzene rings is 3. The molecule has 2 heterocycles. The molecule has 114 valence electrons. The molecule has 5 nitrogen and oxygen atoms in total. The van der Waals surface area contributed by atoms with Gasteiger partial charge in [-0.05, 0) is 35.4 Å². The minimum Gasteiger partial charge on any atom is -0.318 e. The minimum atomic E-state index is 0.566. The summed E-state index contributed by atoms with van der Waals surface area (Å²) in [5.41, 5.74) is 9.54. The van der Waals surface area contributed by atoms with Crippen LogP contribution in [-0.2, 0) is 0 Å². The van der Waals surface area contributed by atoms with E-state index < -0.39 is 0 Å². The number of hydrogen-bond donors (Lipinski definition) is 0. The van der Waals surface area contributed by atoms with Gasteiger partial charge in [-0.1, -0.05) is 54.6 Å². The molecule has 0 unspecified atom stereocenters. The zero-order chi connectivity index (χ0) is 15.9. The first-order chi connectivity index (χ1) is 11.9. The van der Waals surface area contributed by atoms with Crippen molar-refractivity contribution in [2.45, 2.75) is 0 Å². The summed E-state index contributed by atoms with van der Waals surface area (Å²) in [5.74, 6) is 0.566. The number of guanidine groups is 1. The summed E-state index contributed by atoms with van der Waals surface area (Å²) >= 11 is 0. The van der Waals surface area contributed by atoms with Gasteiger partial charge in [-0.15, -0.1) is 15.5 Å². The maximum atomic E-state index is 4.73. The molecule has 3 aromatic rings. The Kier molecular flexibility index (Phi) is 2.72. The van der Waals surface area contributed by atoms with Crippen LogP contribution in [0.3, 0.4) is 0 Å². The zero-order valence-electron chi connectivity index (χ0n) is 12.7. The molecule has 0 fully saturated rings. The van der Waals surface area contributed by atoms with E-state index >= 15 is 0 Å². The zero-order valence-corrected chi connectivity index (χ0v) is 12.7. The third-order valence-electron chi connectivity index (χ3n) is 4.08. The van der Waals surface area contributed by atoms with Crippen LogP contribution in [0.4, 0.5) is 17.1 Å². The van der Waals surface area contributed by atoms with E-state index in [-0.39, 0.29) is 0 Å². The minimum absolute atomic E-state index is 0.566. The SMILES string of the molecule is c1ccc([N+]2=NN3C(=Nc4ccccc4-c4ccccc43)[N-]2)cc1. The molecule has 5 heteroatoms. The van der Waals surface area contributed by atoms with E-state index in [2.05, 4.69) is 22.8 Å². The Hall–Kier alpha value is -3.47. The molecular formula is C19H13N5. The van der Waals surface area contributed by atoms with E-state index in [0.717, 1.165) is 28.2 Å². The van der Waals surface area contributed by atoms with Crippen LogP contribution in [0.1, 0.15) is 0 Å². The molecule has 2 aliphatic rings. The molecule has 0 radical (unpaired) electrons. The van der Waals surface area contributed by atoms with Crippen molar-refractivity contribution in [3.63, 3.8) is 0 Å². The number of fused-ring (bicyclic) bond motifs is 5. The summed E-state index contributed by atoms with van der Waals surface area (Å²) in [6.45, 7) is 0. The molecule has 3 aromatic carbocycles. The van der Waals surface area contributed by atoms with Gasteiger partial charge in [-0.3, -0.25) is 5.01 Å². The summed E-state index contributed by atoms with van der Waals surface area (Å²) in [6, 6.07) is 26.1. The summed E-state index contributed by atoms with van der Waals surface area (Å²) < 4.78 is 0. The van der Waals surface area contributed by atoms with Crippen molar-refractivity contribution in [3.05, 3.63) is 84.3 Å². The fourth-order valence-electron chi connectivity index (χ4n) is 2.96. The third kappa shape index (κ3) is 1.91. The van der Waals surface area contributed by atoms with Gasteiger partial charge in [0.2, 0.25) is 0 Å². The highest BCUT2D eigenvalue weighted by Gasteiger charge is 2.24. The van der Waals surface area contributed by atoms with Crippen molar-refractivity contribution in [3.8, 4) is 11.1 Å². The van der Waals surface area contributed by atoms with Crippen LogP contribution >= 0.6 is 0 Å². The van der Waals surface area contributed by atoms with E-state index in [9.17, 15) is 0 Å². The first-order valence-corrected chi connectivity index (χ1v) is 7.76. The van der Waals surface area contributed by atoms with E-state index in [4.69, 9.17) is 4.99 Å². The van der Waals surface area contributed by atoms with Crippen LogP contribution in [0, 0.1) is 0 Å². The molecule has 0 amide bonds. The molecule has 0 spiro atoms. The van der Waals surface area contributed by atoms with Crippen molar-refractivity contribution in [2.75, 3.05) is 5.01 Å². The van der Waals surface area contributed by atoms with Crippen LogP contribution in [0.2, 0.25) is 0 Å². The van der Waals surface area contributed by atoms with Gasteiger partial charge >= 0.3 is 0 Å². The molecule has 0 saturated carbocycles. The molecule has 0 bridgehead atoms. The lowest BCUT2D eigenvalue weighted by Crippen LogP contribution is -2.18. The first-order valence-electron chi connectivity index (χ1n) is 7.76. The van der Waals surface area contributed by atoms with Gasteiger partial charge in [0.15, 0.2) is 5.69 Å². The summed E-state index contributed by atoms with van der Waals surface area (Å²) in [5, 5.41) is 6.43. The lowest BCUT2D eigenvalue weighted by atomic mass is 10.0. The Balaban J connectivity index is 1.71. The highest BCUT2D eigenvalue weighted by molar-refractivity contribution is 6.10. The third-order valence-corrected chi connectivity index (χ3v) is 4.08. The first kappa shape index (κ1) is 13.0. The lowest BCUT2D eigenvalue weighted by Gasteiger charge is -2.19. The summed E-state index contributed by atoms with van der Waals surface area (Å²) in [7, 11) is 0. The van der Waals surface area contributed by atoms with Crippen LogP contribution in [0.25, 0.3) is 16.6 Å². The average Bonchev–Trinajstić information content (AvgIpc) is 3.01. The molecule has 24 heavy (non-hydrogen) atoms. The van der Waals surface area contributed by atoms with E-state index in [0.29, 0.717) is 5.96 Å². The van der Waals surface area contributed by atoms with Gasteiger partial charge in [-0.25, -0.2) is 0 Å². The van der Waals surface area contributed by atoms with Crippen LogP contribution < -0.4 is 5.01 Å². The maximum Gasteiger partial charge on any atom is 0.156 e. The quantitative estimate of drug-likeness (QED) is 0.571. The second kappa shape index (κ2) is 5.03. The highest BCUT2D eigenvalue weighted by atomic mass is 15.8. The van der Waals surface area contributed by atoms with Crippen molar-refractivity contribution in [2.24, 2.45) is 10.2 Å². The fourth-order valence-corrected chi connectivity index (χ4v) is 2.96. The Morgan fingerprint density at radius 1 is 0.750 bits per heavy atom. The van der Waals surface area contributed by atoms with Gasteiger partial charge in [0.1, 0.15) is 5.96 Å². The second-order valence-electron chi connectivity index (χ2n) is 5.57. The Bertz CT molecular complexity index is 991. The Morgan fingerprint density at radius 2 is 1.46 bits per heavy atom. The molecule has 0 aromatic heterocycles. The predicted molar refractivity (Wildman–Crippen MR) is 93.6 cm³/mol. The van der Waals surface area contributed by atoms with Crippen molar-refractivity contribution in [1.82, 2.24) is 0 Å². The van der Waals surface area contributed by atoms with E-state index in [1.165, 1.54) is 0 Å². The maximum absolute atomic E-state index is 4.73. The van der Waals surface area contributed by atoms with Gasteiger partial charge < -0.3 is 4.99 Å². The summed E-state index contributed by atoms with van der Waals surface area (Å²) in [4.78, 5) is 6.35. The molecule has 0 atom stereocenters. The second-order valence-corrected chi connectivity index (χ2v) is 5.57. The molecule has 2 aliphatic heterocycles. The lowest BCUT2D eigenvalue weighted by molar-refractivity contribution is -0.446. The average molecular weight is 311 g/mol. The highest BCUT2D eigenvalue weighted by Crippen LogP contribution is 2.42. The normalized spacial score (nSPS) is 14.6. The molecule has 0 N–H and O–H groups in total. The van der Waals surface area contributed by atoms with Crippen molar-refractivity contribution in [1.29, 1.82) is 0 Å². The van der Waals surface area contributed by atoms with Crippen molar-refractivity contribution < 1.29 is 4.81 Å². The monoisotopic (exact) mass is 311 g/mol. The summed E-state index contributed by atoms with van der Waals surface area (Å²) in [6.07, 6.45) is 0. The van der Waals surface area contributed by atoms with Gasteiger partial charge in [0.25, 0.3) is 0 Å². The van der Waals surface area contributed by atoms with Crippen molar-refractivity contribution >= 4 is 23.0 Å². The smallest absolute Gasteiger partial charge is 0.156 e. The topological polar surface area (TPSA) is 45.1 Å². The van der Waals surface area contributed by atoms with Gasteiger partial charge in [0, 0.05) is 11.4 Å². The van der Waals surface area contributed by atoms with Crippen LogP contribution in [-0.4, -0.2) is 10.8 Å². The predicted octanol–water partition coefficient (Wildman–Crippen LogP) is 5.17. The number of hydrogen-bond acceptors (Lipinski definition) is 3. The molecule has 0 aliphatic carbocycles. The van der Waals surface area contributed by atoms with Crippen LogP contribution in [0.15, 0.2) is 89.1 Å². The largest absolute Gasteiger partial charge is 0.318 e. The van der Waals surface area contributed by atoms with E-state index in [1.54, 1.807) is 9.82 Å². The Labute approximate surface area is 139 Å². The molecular weight excluding hydrogens is 298 g/mol. The number of nitrogens with zero attached hydrogens (tertiary/aromatic N) is 5. The molecule has 0 saturated heterocycles. The van der Waals surface area contributed by atoms with Crippen LogP contribution in [0.5, 0.6) is 0 Å². The molecule has 5 rings (SSSR count). The number of rotatable bonds is 1. The number of anilines is 1. The van der Waals surface area contributed by atoms with Gasteiger partial charge in [0.05, 0.1) is 0 Å². The fraction of sp³-hybridized carbons (Fsp3) is 0. The number of aliphatic imine (C=N–C) groups is 1. The Morgan fingerprint density at radius 3 is 2.33 bits per heavy atom. The van der Waals surface area contributed by atoms with Gasteiger partial charge in [-0.2, -0.15) is 0 Å².